The number of nitrogen functional groups attached to an aromatic ring is 1. The van der Waals surface area contributed by atoms with Crippen molar-refractivity contribution in [2.75, 3.05) is 25.1 Å². The first-order chi connectivity index (χ1) is 9.24. The Labute approximate surface area is 112 Å². The molecule has 0 aromatic carbocycles. The third-order valence-corrected chi connectivity index (χ3v) is 3.10. The standard InChI is InChI=1S/C12H19N5O2/c1-2-19-9-4-3-7-17(8-9)12(18)10-5-6-11(14-13)16-15-10/h5-6,9H,2-4,7-8,13H2,1H3,(H,14,16). The fourth-order valence-electron chi connectivity index (χ4n) is 2.18. The van der Waals surface area contributed by atoms with Crippen molar-refractivity contribution >= 4 is 11.7 Å². The van der Waals surface area contributed by atoms with E-state index in [2.05, 4.69) is 15.6 Å². The molecule has 7 nitrogen and oxygen atoms in total. The van der Waals surface area contributed by atoms with Crippen LogP contribution in [0.2, 0.25) is 0 Å². The molecule has 0 spiro atoms. The highest BCUT2D eigenvalue weighted by Crippen LogP contribution is 2.15. The molecule has 1 amide bonds. The lowest BCUT2D eigenvalue weighted by Crippen LogP contribution is -2.43. The van der Waals surface area contributed by atoms with Crippen LogP contribution in [0.1, 0.15) is 30.3 Å². The number of rotatable bonds is 4. The number of hydrogen-bond donors (Lipinski definition) is 2. The van der Waals surface area contributed by atoms with Gasteiger partial charge in [-0.05, 0) is 31.9 Å². The smallest absolute Gasteiger partial charge is 0.274 e. The summed E-state index contributed by atoms with van der Waals surface area (Å²) in [5, 5.41) is 7.67. The number of hydrogen-bond acceptors (Lipinski definition) is 6. The highest BCUT2D eigenvalue weighted by Gasteiger charge is 2.25. The molecule has 2 heterocycles. The van der Waals surface area contributed by atoms with E-state index in [1.807, 2.05) is 6.92 Å². The van der Waals surface area contributed by atoms with E-state index in [0.29, 0.717) is 24.7 Å². The third-order valence-electron chi connectivity index (χ3n) is 3.10. The molecule has 3 N–H and O–H groups in total. The highest BCUT2D eigenvalue weighted by atomic mass is 16.5. The molecule has 0 bridgehead atoms. The summed E-state index contributed by atoms with van der Waals surface area (Å²) in [6, 6.07) is 3.25. The number of carbonyl (C=O) groups excluding carboxylic acids is 1. The lowest BCUT2D eigenvalue weighted by Gasteiger charge is -2.32. The number of amides is 1. The van der Waals surface area contributed by atoms with Crippen LogP contribution in [0.3, 0.4) is 0 Å². The number of piperidine rings is 1. The number of nitrogens with zero attached hydrogens (tertiary/aromatic N) is 3. The molecule has 7 heteroatoms. The molecule has 1 atom stereocenters. The SMILES string of the molecule is CCOC1CCCN(C(=O)c2ccc(NN)nn2)C1. The van der Waals surface area contributed by atoms with Gasteiger partial charge in [0.05, 0.1) is 6.10 Å². The Morgan fingerprint density at radius 3 is 3.05 bits per heavy atom. The van der Waals surface area contributed by atoms with Crippen molar-refractivity contribution in [2.24, 2.45) is 5.84 Å². The van der Waals surface area contributed by atoms with Gasteiger partial charge in [0.1, 0.15) is 0 Å². The number of nitrogens with two attached hydrogens (primary N) is 1. The van der Waals surface area contributed by atoms with Gasteiger partial charge in [-0.3, -0.25) is 4.79 Å². The van der Waals surface area contributed by atoms with Gasteiger partial charge in [0.25, 0.3) is 5.91 Å². The van der Waals surface area contributed by atoms with E-state index in [-0.39, 0.29) is 12.0 Å². The molecule has 0 saturated carbocycles. The predicted molar refractivity (Wildman–Crippen MR) is 70.4 cm³/mol. The lowest BCUT2D eigenvalue weighted by molar-refractivity contribution is 0.00699. The van der Waals surface area contributed by atoms with Gasteiger partial charge in [0.15, 0.2) is 11.5 Å². The minimum atomic E-state index is -0.111. The van der Waals surface area contributed by atoms with E-state index in [1.54, 1.807) is 17.0 Å². The van der Waals surface area contributed by atoms with Crippen molar-refractivity contribution in [3.63, 3.8) is 0 Å². The first kappa shape index (κ1) is 13.7. The molecule has 1 aromatic rings. The first-order valence-electron chi connectivity index (χ1n) is 6.45. The monoisotopic (exact) mass is 265 g/mol. The quantitative estimate of drug-likeness (QED) is 0.604. The van der Waals surface area contributed by atoms with Crippen molar-refractivity contribution in [2.45, 2.75) is 25.9 Å². The molecule has 1 fully saturated rings. The number of aromatic nitrogens is 2. The van der Waals surface area contributed by atoms with Crippen molar-refractivity contribution in [1.82, 2.24) is 15.1 Å². The zero-order valence-corrected chi connectivity index (χ0v) is 11.0. The predicted octanol–water partition coefficient (Wildman–Crippen LogP) is 0.403. The Balaban J connectivity index is 2.01. The second kappa shape index (κ2) is 6.44. The van der Waals surface area contributed by atoms with Gasteiger partial charge in [-0.15, -0.1) is 10.2 Å². The molecule has 0 aliphatic carbocycles. The largest absolute Gasteiger partial charge is 0.377 e. The van der Waals surface area contributed by atoms with Gasteiger partial charge in [-0.2, -0.15) is 0 Å². The third kappa shape index (κ3) is 3.39. The maximum atomic E-state index is 12.3. The van der Waals surface area contributed by atoms with Crippen LogP contribution in [-0.4, -0.2) is 46.8 Å². The van der Waals surface area contributed by atoms with Crippen molar-refractivity contribution in [1.29, 1.82) is 0 Å². The van der Waals surface area contributed by atoms with E-state index in [0.717, 1.165) is 19.4 Å². The number of anilines is 1. The topological polar surface area (TPSA) is 93.4 Å². The minimum absolute atomic E-state index is 0.111. The summed E-state index contributed by atoms with van der Waals surface area (Å²) in [5.74, 6) is 5.53. The highest BCUT2D eigenvalue weighted by molar-refractivity contribution is 5.92. The molecule has 1 unspecified atom stereocenters. The average Bonchev–Trinajstić information content (AvgIpc) is 2.47. The van der Waals surface area contributed by atoms with Crippen LogP contribution < -0.4 is 11.3 Å². The molecular weight excluding hydrogens is 246 g/mol. The Kier molecular flexibility index (Phi) is 4.64. The Hall–Kier alpha value is -1.73. The number of ether oxygens (including phenoxy) is 1. The molecule has 1 saturated heterocycles. The van der Waals surface area contributed by atoms with Gasteiger partial charge in [-0.1, -0.05) is 0 Å². The van der Waals surface area contributed by atoms with Crippen LogP contribution in [0.15, 0.2) is 12.1 Å². The molecule has 19 heavy (non-hydrogen) atoms. The number of carbonyl (C=O) groups is 1. The van der Waals surface area contributed by atoms with Crippen LogP contribution >= 0.6 is 0 Å². The molecule has 1 aliphatic heterocycles. The fourth-order valence-corrected chi connectivity index (χ4v) is 2.18. The maximum absolute atomic E-state index is 12.3. The first-order valence-corrected chi connectivity index (χ1v) is 6.45. The van der Waals surface area contributed by atoms with Gasteiger partial charge >= 0.3 is 0 Å². The summed E-state index contributed by atoms with van der Waals surface area (Å²) in [5.41, 5.74) is 2.71. The van der Waals surface area contributed by atoms with Gasteiger partial charge in [0, 0.05) is 19.7 Å². The zero-order valence-electron chi connectivity index (χ0n) is 11.0. The van der Waals surface area contributed by atoms with Gasteiger partial charge in [-0.25, -0.2) is 5.84 Å². The second-order valence-electron chi connectivity index (χ2n) is 4.42. The molecule has 1 aliphatic rings. The van der Waals surface area contributed by atoms with Gasteiger partial charge in [0.2, 0.25) is 0 Å². The van der Waals surface area contributed by atoms with Crippen molar-refractivity contribution in [3.8, 4) is 0 Å². The molecule has 1 aromatic heterocycles. The second-order valence-corrected chi connectivity index (χ2v) is 4.42. The van der Waals surface area contributed by atoms with Crippen molar-refractivity contribution in [3.05, 3.63) is 17.8 Å². The van der Waals surface area contributed by atoms with E-state index in [9.17, 15) is 4.79 Å². The molecule has 2 rings (SSSR count). The van der Waals surface area contributed by atoms with E-state index in [4.69, 9.17) is 10.6 Å². The van der Waals surface area contributed by atoms with Crippen LogP contribution in [0.4, 0.5) is 5.82 Å². The Morgan fingerprint density at radius 1 is 1.58 bits per heavy atom. The van der Waals surface area contributed by atoms with E-state index < -0.39 is 0 Å². The summed E-state index contributed by atoms with van der Waals surface area (Å²) in [4.78, 5) is 14.0. The maximum Gasteiger partial charge on any atom is 0.274 e. The zero-order chi connectivity index (χ0) is 13.7. The van der Waals surface area contributed by atoms with E-state index in [1.165, 1.54) is 0 Å². The fraction of sp³-hybridized carbons (Fsp3) is 0.583. The van der Waals surface area contributed by atoms with Crippen LogP contribution in [0.5, 0.6) is 0 Å². The minimum Gasteiger partial charge on any atom is -0.377 e. The van der Waals surface area contributed by atoms with Crippen LogP contribution in [0, 0.1) is 0 Å². The summed E-state index contributed by atoms with van der Waals surface area (Å²) >= 11 is 0. The normalized spacial score (nSPS) is 19.3. The Morgan fingerprint density at radius 2 is 2.42 bits per heavy atom. The average molecular weight is 265 g/mol. The van der Waals surface area contributed by atoms with Crippen LogP contribution in [0.25, 0.3) is 0 Å². The summed E-state index contributed by atoms with van der Waals surface area (Å²) in [7, 11) is 0. The Bertz CT molecular complexity index is 421. The number of hydrazine groups is 1. The van der Waals surface area contributed by atoms with Crippen LogP contribution in [-0.2, 0) is 4.74 Å². The molecular formula is C12H19N5O2. The van der Waals surface area contributed by atoms with Gasteiger partial charge < -0.3 is 15.1 Å². The summed E-state index contributed by atoms with van der Waals surface area (Å²) < 4.78 is 5.58. The molecule has 0 radical (unpaired) electrons. The summed E-state index contributed by atoms with van der Waals surface area (Å²) in [6.45, 7) is 3.99. The number of nitrogens with one attached hydrogen (secondary N) is 1. The molecule has 104 valence electrons. The summed E-state index contributed by atoms with van der Waals surface area (Å²) in [6.07, 6.45) is 2.08. The number of likely N-dealkylation sites (tertiary alicyclic amines) is 1. The van der Waals surface area contributed by atoms with E-state index >= 15 is 0 Å². The van der Waals surface area contributed by atoms with Crippen molar-refractivity contribution < 1.29 is 9.53 Å². The lowest BCUT2D eigenvalue weighted by atomic mass is 10.1.